The van der Waals surface area contributed by atoms with Gasteiger partial charge in [-0.2, -0.15) is 10.4 Å². The largest absolute Gasteiger partial charge is 0.254 e. The SMILES string of the molecule is CC1CCC(C#N)C(Sc2ncn[nH]2)C1. The van der Waals surface area contributed by atoms with Gasteiger partial charge in [-0.05, 0) is 25.2 Å². The number of aromatic nitrogens is 3. The van der Waals surface area contributed by atoms with Crippen LogP contribution in [0.5, 0.6) is 0 Å². The van der Waals surface area contributed by atoms with Crippen molar-refractivity contribution in [3.8, 4) is 6.07 Å². The van der Waals surface area contributed by atoms with Crippen molar-refractivity contribution in [3.05, 3.63) is 6.33 Å². The van der Waals surface area contributed by atoms with E-state index < -0.39 is 0 Å². The van der Waals surface area contributed by atoms with Crippen LogP contribution in [-0.2, 0) is 0 Å². The molecule has 1 aliphatic rings. The van der Waals surface area contributed by atoms with E-state index in [2.05, 4.69) is 28.2 Å². The van der Waals surface area contributed by atoms with E-state index in [0.717, 1.165) is 23.9 Å². The second-order valence-corrected chi connectivity index (χ2v) is 5.33. The number of nitrogens with one attached hydrogen (secondary N) is 1. The summed E-state index contributed by atoms with van der Waals surface area (Å²) < 4.78 is 0. The van der Waals surface area contributed by atoms with E-state index in [0.29, 0.717) is 5.25 Å². The number of nitriles is 1. The van der Waals surface area contributed by atoms with E-state index in [1.165, 1.54) is 12.7 Å². The van der Waals surface area contributed by atoms with Gasteiger partial charge in [-0.25, -0.2) is 4.98 Å². The van der Waals surface area contributed by atoms with Gasteiger partial charge in [0.1, 0.15) is 6.33 Å². The Morgan fingerprint density at radius 2 is 2.47 bits per heavy atom. The number of H-pyrrole nitrogens is 1. The van der Waals surface area contributed by atoms with Gasteiger partial charge in [-0.15, -0.1) is 0 Å². The molecule has 1 heterocycles. The van der Waals surface area contributed by atoms with Gasteiger partial charge >= 0.3 is 0 Å². The molecule has 1 N–H and O–H groups in total. The first-order chi connectivity index (χ1) is 7.29. The number of hydrogen-bond acceptors (Lipinski definition) is 4. The van der Waals surface area contributed by atoms with Gasteiger partial charge in [0.2, 0.25) is 0 Å². The summed E-state index contributed by atoms with van der Waals surface area (Å²) in [6, 6.07) is 2.40. The highest BCUT2D eigenvalue weighted by Gasteiger charge is 2.29. The van der Waals surface area contributed by atoms with Crippen molar-refractivity contribution in [2.24, 2.45) is 11.8 Å². The minimum atomic E-state index is 0.163. The van der Waals surface area contributed by atoms with Crippen LogP contribution >= 0.6 is 11.8 Å². The molecule has 0 aliphatic heterocycles. The molecule has 1 saturated carbocycles. The van der Waals surface area contributed by atoms with Crippen molar-refractivity contribution in [1.29, 1.82) is 5.26 Å². The second-order valence-electron chi connectivity index (χ2n) is 4.10. The van der Waals surface area contributed by atoms with Gasteiger partial charge in [0.15, 0.2) is 5.16 Å². The summed E-state index contributed by atoms with van der Waals surface area (Å²) in [5.74, 6) is 0.881. The Balaban J connectivity index is 2.02. The summed E-state index contributed by atoms with van der Waals surface area (Å²) in [4.78, 5) is 4.09. The van der Waals surface area contributed by atoms with Crippen LogP contribution in [0.15, 0.2) is 11.5 Å². The molecule has 3 unspecified atom stereocenters. The Labute approximate surface area is 93.5 Å². The summed E-state index contributed by atoms with van der Waals surface area (Å²) in [6.45, 7) is 2.25. The minimum Gasteiger partial charge on any atom is -0.254 e. The molecule has 5 heteroatoms. The van der Waals surface area contributed by atoms with Crippen molar-refractivity contribution < 1.29 is 0 Å². The Morgan fingerprint density at radius 1 is 1.60 bits per heavy atom. The molecule has 0 aromatic carbocycles. The summed E-state index contributed by atoms with van der Waals surface area (Å²) in [6.07, 6.45) is 4.80. The van der Waals surface area contributed by atoms with E-state index in [-0.39, 0.29) is 5.92 Å². The highest BCUT2D eigenvalue weighted by Crippen LogP contribution is 2.38. The van der Waals surface area contributed by atoms with Crippen LogP contribution in [0.4, 0.5) is 0 Å². The number of hydrogen-bond donors (Lipinski definition) is 1. The maximum absolute atomic E-state index is 9.07. The summed E-state index contributed by atoms with van der Waals surface area (Å²) >= 11 is 1.66. The molecule has 0 saturated heterocycles. The highest BCUT2D eigenvalue weighted by atomic mass is 32.2. The van der Waals surface area contributed by atoms with Crippen LogP contribution in [0.2, 0.25) is 0 Å². The fourth-order valence-corrected chi connectivity index (χ4v) is 3.29. The average molecular weight is 222 g/mol. The monoisotopic (exact) mass is 222 g/mol. The summed E-state index contributed by atoms with van der Waals surface area (Å²) in [7, 11) is 0. The Morgan fingerprint density at radius 3 is 3.13 bits per heavy atom. The molecule has 3 atom stereocenters. The first-order valence-electron chi connectivity index (χ1n) is 5.21. The molecule has 1 aliphatic carbocycles. The zero-order chi connectivity index (χ0) is 10.7. The maximum atomic E-state index is 9.07. The van der Waals surface area contributed by atoms with E-state index in [1.807, 2.05) is 0 Å². The molecule has 4 nitrogen and oxygen atoms in total. The second kappa shape index (κ2) is 4.67. The van der Waals surface area contributed by atoms with Gasteiger partial charge in [-0.3, -0.25) is 5.10 Å². The molecule has 1 fully saturated rings. The Kier molecular flexibility index (Phi) is 3.27. The van der Waals surface area contributed by atoms with E-state index in [1.54, 1.807) is 11.8 Å². The standard InChI is InChI=1S/C10H14N4S/c1-7-2-3-8(5-11)9(4-7)15-10-12-6-13-14-10/h6-9H,2-4H2,1H3,(H,12,13,14). The zero-order valence-electron chi connectivity index (χ0n) is 8.68. The van der Waals surface area contributed by atoms with Crippen LogP contribution in [0.25, 0.3) is 0 Å². The fourth-order valence-electron chi connectivity index (χ4n) is 2.00. The fraction of sp³-hybridized carbons (Fsp3) is 0.700. The van der Waals surface area contributed by atoms with E-state index in [9.17, 15) is 0 Å². The smallest absolute Gasteiger partial charge is 0.183 e. The van der Waals surface area contributed by atoms with Crippen molar-refractivity contribution in [2.75, 3.05) is 0 Å². The van der Waals surface area contributed by atoms with Gasteiger partial charge in [0.05, 0.1) is 12.0 Å². The number of thioether (sulfide) groups is 1. The maximum Gasteiger partial charge on any atom is 0.183 e. The quantitative estimate of drug-likeness (QED) is 0.833. The van der Waals surface area contributed by atoms with Crippen LogP contribution in [0.3, 0.4) is 0 Å². The molecule has 0 spiro atoms. The molecule has 15 heavy (non-hydrogen) atoms. The average Bonchev–Trinajstić information content (AvgIpc) is 2.71. The summed E-state index contributed by atoms with van der Waals surface area (Å²) in [5, 5.41) is 16.9. The lowest BCUT2D eigenvalue weighted by molar-refractivity contribution is 0.345. The van der Waals surface area contributed by atoms with Crippen LogP contribution in [0.1, 0.15) is 26.2 Å². The third kappa shape index (κ3) is 2.51. The normalized spacial score (nSPS) is 31.1. The van der Waals surface area contributed by atoms with E-state index in [4.69, 9.17) is 5.26 Å². The van der Waals surface area contributed by atoms with E-state index >= 15 is 0 Å². The van der Waals surface area contributed by atoms with Crippen molar-refractivity contribution in [1.82, 2.24) is 15.2 Å². The first-order valence-corrected chi connectivity index (χ1v) is 6.09. The van der Waals surface area contributed by atoms with Gasteiger partial charge in [0.25, 0.3) is 0 Å². The topological polar surface area (TPSA) is 65.4 Å². The molecule has 1 aromatic heterocycles. The lowest BCUT2D eigenvalue weighted by atomic mass is 9.83. The Bertz CT molecular complexity index is 343. The molecule has 0 bridgehead atoms. The lowest BCUT2D eigenvalue weighted by Gasteiger charge is -2.29. The summed E-state index contributed by atoms with van der Waals surface area (Å²) in [5.41, 5.74) is 0. The van der Waals surface area contributed by atoms with Gasteiger partial charge < -0.3 is 0 Å². The minimum absolute atomic E-state index is 0.163. The van der Waals surface area contributed by atoms with Crippen molar-refractivity contribution in [2.45, 2.75) is 36.6 Å². The first kappa shape index (κ1) is 10.5. The predicted octanol–water partition coefficient (Wildman–Crippen LogP) is 2.23. The molecule has 1 aromatic rings. The molecule has 0 amide bonds. The molecule has 80 valence electrons. The third-order valence-electron chi connectivity index (χ3n) is 2.88. The van der Waals surface area contributed by atoms with Gasteiger partial charge in [0, 0.05) is 5.25 Å². The third-order valence-corrected chi connectivity index (χ3v) is 4.12. The van der Waals surface area contributed by atoms with Crippen LogP contribution < -0.4 is 0 Å². The molecular formula is C10H14N4S. The number of rotatable bonds is 2. The molecular weight excluding hydrogens is 208 g/mol. The predicted molar refractivity (Wildman–Crippen MR) is 58.1 cm³/mol. The van der Waals surface area contributed by atoms with Crippen LogP contribution in [0, 0.1) is 23.2 Å². The zero-order valence-corrected chi connectivity index (χ0v) is 9.50. The molecule has 0 radical (unpaired) electrons. The van der Waals surface area contributed by atoms with Crippen LogP contribution in [-0.4, -0.2) is 20.4 Å². The van der Waals surface area contributed by atoms with Crippen molar-refractivity contribution in [3.63, 3.8) is 0 Å². The number of aromatic amines is 1. The van der Waals surface area contributed by atoms with Gasteiger partial charge in [-0.1, -0.05) is 18.7 Å². The molecule has 2 rings (SSSR count). The number of nitrogens with zero attached hydrogens (tertiary/aromatic N) is 3. The van der Waals surface area contributed by atoms with Crippen molar-refractivity contribution >= 4 is 11.8 Å². The Hall–Kier alpha value is -1.02. The lowest BCUT2D eigenvalue weighted by Crippen LogP contribution is -2.25. The highest BCUT2D eigenvalue weighted by molar-refractivity contribution is 7.99.